The SMILES string of the molecule is CCOc1ccc2nc(N3CC(C(=O)N4CC(c5ccncc5)C4)CC3=O)sc2c1. The normalized spacial score (nSPS) is 19.4. The number of aromatic nitrogens is 2. The molecular formula is C22H22N4O3S. The van der Waals surface area contributed by atoms with Gasteiger partial charge in [-0.15, -0.1) is 0 Å². The third-order valence-electron chi connectivity index (χ3n) is 5.74. The summed E-state index contributed by atoms with van der Waals surface area (Å²) < 4.78 is 6.52. The van der Waals surface area contributed by atoms with Crippen LogP contribution >= 0.6 is 11.3 Å². The van der Waals surface area contributed by atoms with Crippen LogP contribution < -0.4 is 9.64 Å². The second-order valence-electron chi connectivity index (χ2n) is 7.69. The van der Waals surface area contributed by atoms with Crippen LogP contribution in [0.15, 0.2) is 42.7 Å². The number of anilines is 1. The van der Waals surface area contributed by atoms with Gasteiger partial charge < -0.3 is 9.64 Å². The van der Waals surface area contributed by atoms with Crippen molar-refractivity contribution in [2.24, 2.45) is 5.92 Å². The monoisotopic (exact) mass is 422 g/mol. The molecule has 7 nitrogen and oxygen atoms in total. The van der Waals surface area contributed by atoms with E-state index in [2.05, 4.69) is 9.97 Å². The van der Waals surface area contributed by atoms with E-state index in [4.69, 9.17) is 4.74 Å². The Hall–Kier alpha value is -3.00. The summed E-state index contributed by atoms with van der Waals surface area (Å²) in [5, 5.41) is 0.650. The van der Waals surface area contributed by atoms with Gasteiger partial charge in [-0.3, -0.25) is 19.5 Å². The van der Waals surface area contributed by atoms with Gasteiger partial charge in [0.05, 0.1) is 22.7 Å². The highest BCUT2D eigenvalue weighted by atomic mass is 32.1. The maximum atomic E-state index is 12.9. The summed E-state index contributed by atoms with van der Waals surface area (Å²) in [7, 11) is 0. The van der Waals surface area contributed by atoms with Crippen molar-refractivity contribution in [2.45, 2.75) is 19.3 Å². The molecule has 0 spiro atoms. The number of carbonyl (C=O) groups is 2. The lowest BCUT2D eigenvalue weighted by Crippen LogP contribution is -2.51. The molecule has 154 valence electrons. The zero-order valence-corrected chi connectivity index (χ0v) is 17.5. The smallest absolute Gasteiger partial charge is 0.229 e. The second kappa shape index (κ2) is 7.68. The molecule has 1 unspecified atom stereocenters. The molecule has 30 heavy (non-hydrogen) atoms. The predicted molar refractivity (Wildman–Crippen MR) is 115 cm³/mol. The summed E-state index contributed by atoms with van der Waals surface area (Å²) in [4.78, 5) is 37.7. The van der Waals surface area contributed by atoms with Crippen LogP contribution in [0.5, 0.6) is 5.75 Å². The lowest BCUT2D eigenvalue weighted by atomic mass is 9.90. The van der Waals surface area contributed by atoms with E-state index >= 15 is 0 Å². The van der Waals surface area contributed by atoms with Crippen molar-refractivity contribution in [3.8, 4) is 5.75 Å². The Bertz CT molecular complexity index is 1090. The van der Waals surface area contributed by atoms with E-state index in [1.807, 2.05) is 42.2 Å². The van der Waals surface area contributed by atoms with Crippen LogP contribution in [0.3, 0.4) is 0 Å². The van der Waals surface area contributed by atoms with Gasteiger partial charge in [-0.25, -0.2) is 4.98 Å². The first-order valence-corrected chi connectivity index (χ1v) is 11.0. The van der Waals surface area contributed by atoms with Crippen molar-refractivity contribution < 1.29 is 14.3 Å². The van der Waals surface area contributed by atoms with Crippen molar-refractivity contribution in [1.29, 1.82) is 0 Å². The van der Waals surface area contributed by atoms with E-state index in [-0.39, 0.29) is 24.2 Å². The van der Waals surface area contributed by atoms with Crippen molar-refractivity contribution in [3.63, 3.8) is 0 Å². The third-order valence-corrected chi connectivity index (χ3v) is 6.78. The van der Waals surface area contributed by atoms with Crippen molar-refractivity contribution in [1.82, 2.24) is 14.9 Å². The number of hydrogen-bond donors (Lipinski definition) is 0. The molecule has 0 N–H and O–H groups in total. The summed E-state index contributed by atoms with van der Waals surface area (Å²) >= 11 is 1.46. The minimum absolute atomic E-state index is 0.0383. The molecule has 1 aromatic carbocycles. The molecule has 2 fully saturated rings. The first-order chi connectivity index (χ1) is 14.6. The fraction of sp³-hybridized carbons (Fsp3) is 0.364. The molecule has 4 heterocycles. The van der Waals surface area contributed by atoms with Crippen LogP contribution in [-0.4, -0.2) is 52.9 Å². The Labute approximate surface area is 178 Å². The molecule has 0 aliphatic carbocycles. The highest BCUT2D eigenvalue weighted by Crippen LogP contribution is 2.36. The third kappa shape index (κ3) is 3.41. The zero-order valence-electron chi connectivity index (χ0n) is 16.7. The largest absolute Gasteiger partial charge is 0.494 e. The molecule has 2 aromatic heterocycles. The molecule has 0 radical (unpaired) electrons. The summed E-state index contributed by atoms with van der Waals surface area (Å²) in [6, 6.07) is 9.73. The first kappa shape index (κ1) is 19.0. The summed E-state index contributed by atoms with van der Waals surface area (Å²) in [6.45, 7) is 4.35. The maximum absolute atomic E-state index is 12.9. The van der Waals surface area contributed by atoms with Crippen molar-refractivity contribution in [2.75, 3.05) is 31.1 Å². The number of benzene rings is 1. The lowest BCUT2D eigenvalue weighted by Gasteiger charge is -2.40. The average Bonchev–Trinajstić information content (AvgIpc) is 3.30. The van der Waals surface area contributed by atoms with Gasteiger partial charge in [-0.05, 0) is 42.8 Å². The summed E-state index contributed by atoms with van der Waals surface area (Å²) in [5.41, 5.74) is 2.04. The van der Waals surface area contributed by atoms with Crippen LogP contribution in [0.2, 0.25) is 0 Å². The number of amides is 2. The van der Waals surface area contributed by atoms with E-state index in [0.29, 0.717) is 37.3 Å². The Morgan fingerprint density at radius 3 is 2.77 bits per heavy atom. The number of likely N-dealkylation sites (tertiary alicyclic amines) is 1. The summed E-state index contributed by atoms with van der Waals surface area (Å²) in [5.74, 6) is 0.873. The van der Waals surface area contributed by atoms with E-state index in [9.17, 15) is 9.59 Å². The van der Waals surface area contributed by atoms with Crippen LogP contribution in [0, 0.1) is 5.92 Å². The van der Waals surface area contributed by atoms with Crippen LogP contribution in [-0.2, 0) is 9.59 Å². The molecule has 0 bridgehead atoms. The number of carbonyl (C=O) groups excluding carboxylic acids is 2. The highest BCUT2D eigenvalue weighted by Gasteiger charge is 2.41. The van der Waals surface area contributed by atoms with E-state index in [1.54, 1.807) is 17.3 Å². The van der Waals surface area contributed by atoms with Crippen LogP contribution in [0.25, 0.3) is 10.2 Å². The minimum Gasteiger partial charge on any atom is -0.494 e. The van der Waals surface area contributed by atoms with E-state index in [0.717, 1.165) is 16.0 Å². The Kier molecular flexibility index (Phi) is 4.86. The number of thiazole rings is 1. The van der Waals surface area contributed by atoms with Gasteiger partial charge in [0.25, 0.3) is 0 Å². The molecule has 2 saturated heterocycles. The number of fused-ring (bicyclic) bond motifs is 1. The van der Waals surface area contributed by atoms with Gasteiger partial charge in [-0.1, -0.05) is 11.3 Å². The van der Waals surface area contributed by atoms with Crippen LogP contribution in [0.1, 0.15) is 24.8 Å². The molecular weight excluding hydrogens is 400 g/mol. The number of nitrogens with zero attached hydrogens (tertiary/aromatic N) is 4. The van der Waals surface area contributed by atoms with Gasteiger partial charge >= 0.3 is 0 Å². The van der Waals surface area contributed by atoms with E-state index in [1.165, 1.54) is 16.9 Å². The molecule has 8 heteroatoms. The number of pyridine rings is 1. The zero-order chi connectivity index (χ0) is 20.7. The fourth-order valence-electron chi connectivity index (χ4n) is 4.09. The number of hydrogen-bond acceptors (Lipinski definition) is 6. The Balaban J connectivity index is 1.25. The fourth-order valence-corrected chi connectivity index (χ4v) is 5.11. The molecule has 3 aromatic rings. The summed E-state index contributed by atoms with van der Waals surface area (Å²) in [6.07, 6.45) is 3.81. The lowest BCUT2D eigenvalue weighted by molar-refractivity contribution is -0.140. The predicted octanol–water partition coefficient (Wildman–Crippen LogP) is 3.07. The van der Waals surface area contributed by atoms with Gasteiger partial charge in [0.2, 0.25) is 11.8 Å². The molecule has 2 amide bonds. The second-order valence-corrected chi connectivity index (χ2v) is 8.69. The first-order valence-electron chi connectivity index (χ1n) is 10.1. The Morgan fingerprint density at radius 1 is 1.20 bits per heavy atom. The Morgan fingerprint density at radius 2 is 2.00 bits per heavy atom. The topological polar surface area (TPSA) is 75.6 Å². The number of ether oxygens (including phenoxy) is 1. The van der Waals surface area contributed by atoms with Crippen molar-refractivity contribution in [3.05, 3.63) is 48.3 Å². The van der Waals surface area contributed by atoms with Crippen molar-refractivity contribution >= 4 is 38.5 Å². The molecule has 1 atom stereocenters. The average molecular weight is 423 g/mol. The number of rotatable bonds is 5. The van der Waals surface area contributed by atoms with Gasteiger partial charge in [-0.2, -0.15) is 0 Å². The minimum atomic E-state index is -0.304. The molecule has 2 aliphatic heterocycles. The molecule has 5 rings (SSSR count). The quantitative estimate of drug-likeness (QED) is 0.632. The maximum Gasteiger partial charge on any atom is 0.229 e. The van der Waals surface area contributed by atoms with E-state index < -0.39 is 0 Å². The van der Waals surface area contributed by atoms with Gasteiger partial charge in [0.15, 0.2) is 5.13 Å². The van der Waals surface area contributed by atoms with Crippen LogP contribution in [0.4, 0.5) is 5.13 Å². The standard InChI is InChI=1S/C22H22N4O3S/c1-2-29-17-3-4-18-19(10-17)30-22(24-18)26-13-15(9-20(26)27)21(28)25-11-16(12-25)14-5-7-23-8-6-14/h3-8,10,15-16H,2,9,11-13H2,1H3. The highest BCUT2D eigenvalue weighted by molar-refractivity contribution is 7.22. The van der Waals surface area contributed by atoms with Gasteiger partial charge in [0.1, 0.15) is 5.75 Å². The molecule has 2 aliphatic rings. The van der Waals surface area contributed by atoms with Gasteiger partial charge in [0, 0.05) is 44.4 Å². The molecule has 0 saturated carbocycles.